The number of rotatable bonds is 3. The highest BCUT2D eigenvalue weighted by molar-refractivity contribution is 5.72. The highest BCUT2D eigenvalue weighted by atomic mass is 16.5. The first-order chi connectivity index (χ1) is 5.65. The van der Waals surface area contributed by atoms with Gasteiger partial charge < -0.3 is 15.4 Å². The number of nitrogens with zero attached hydrogens (tertiary/aromatic N) is 1. The minimum Gasteiger partial charge on any atom is -0.481 e. The molecule has 0 aliphatic rings. The number of hydrogen-bond donors (Lipinski definition) is 2. The number of carbonyl (C=O) groups is 1. The van der Waals surface area contributed by atoms with Crippen LogP contribution in [0.2, 0.25) is 0 Å². The van der Waals surface area contributed by atoms with Crippen molar-refractivity contribution >= 4 is 11.9 Å². The van der Waals surface area contributed by atoms with Crippen LogP contribution in [0.3, 0.4) is 0 Å². The van der Waals surface area contributed by atoms with Crippen LogP contribution in [0, 0.1) is 0 Å². The smallest absolute Gasteiger partial charge is 0.308 e. The Kier molecular flexibility index (Phi) is 2.32. The first-order valence-electron chi connectivity index (χ1n) is 3.59. The van der Waals surface area contributed by atoms with Gasteiger partial charge in [0.05, 0.1) is 17.7 Å². The van der Waals surface area contributed by atoms with Crippen molar-refractivity contribution in [3.05, 3.63) is 11.3 Å². The van der Waals surface area contributed by atoms with Crippen molar-refractivity contribution in [1.82, 2.24) is 5.16 Å². The number of nitrogens with two attached hydrogens (primary N) is 1. The van der Waals surface area contributed by atoms with Crippen LogP contribution in [0.4, 0.5) is 5.88 Å². The Hall–Kier alpha value is -1.52. The molecular formula is C7H10N2O3. The first kappa shape index (κ1) is 8.58. The maximum Gasteiger partial charge on any atom is 0.308 e. The van der Waals surface area contributed by atoms with Crippen LogP contribution in [0.1, 0.15) is 18.2 Å². The number of aromatic nitrogens is 1. The molecule has 66 valence electrons. The van der Waals surface area contributed by atoms with Crippen LogP contribution >= 0.6 is 0 Å². The molecule has 5 nitrogen and oxygen atoms in total. The van der Waals surface area contributed by atoms with Gasteiger partial charge in [0.1, 0.15) is 0 Å². The third-order valence-electron chi connectivity index (χ3n) is 1.56. The number of aryl methyl sites for hydroxylation is 1. The summed E-state index contributed by atoms with van der Waals surface area (Å²) < 4.78 is 4.65. The van der Waals surface area contributed by atoms with Crippen LogP contribution in [-0.2, 0) is 17.6 Å². The van der Waals surface area contributed by atoms with Gasteiger partial charge >= 0.3 is 5.97 Å². The van der Waals surface area contributed by atoms with Gasteiger partial charge in [0.2, 0.25) is 5.88 Å². The lowest BCUT2D eigenvalue weighted by atomic mass is 10.1. The van der Waals surface area contributed by atoms with E-state index in [1.165, 1.54) is 0 Å². The number of hydrogen-bond acceptors (Lipinski definition) is 4. The van der Waals surface area contributed by atoms with E-state index < -0.39 is 5.97 Å². The van der Waals surface area contributed by atoms with E-state index in [-0.39, 0.29) is 12.3 Å². The molecule has 0 fully saturated rings. The number of carboxylic acid groups (broad SMARTS) is 1. The zero-order chi connectivity index (χ0) is 9.14. The first-order valence-corrected chi connectivity index (χ1v) is 3.59. The maximum absolute atomic E-state index is 10.4. The molecule has 0 aliphatic heterocycles. The monoisotopic (exact) mass is 170 g/mol. The summed E-state index contributed by atoms with van der Waals surface area (Å²) in [5.74, 6) is -0.825. The van der Waals surface area contributed by atoms with E-state index in [2.05, 4.69) is 9.68 Å². The predicted octanol–water partition coefficient (Wildman–Crippen LogP) is 0.446. The summed E-state index contributed by atoms with van der Waals surface area (Å²) >= 11 is 0. The third kappa shape index (κ3) is 1.55. The molecular weight excluding hydrogens is 160 g/mol. The zero-order valence-corrected chi connectivity index (χ0v) is 6.70. The molecule has 5 heteroatoms. The second-order valence-electron chi connectivity index (χ2n) is 2.40. The van der Waals surface area contributed by atoms with E-state index in [1.54, 1.807) is 0 Å². The summed E-state index contributed by atoms with van der Waals surface area (Å²) in [5, 5.41) is 12.1. The second-order valence-corrected chi connectivity index (χ2v) is 2.40. The molecule has 1 aromatic rings. The molecule has 3 N–H and O–H groups in total. The fourth-order valence-electron chi connectivity index (χ4n) is 0.975. The molecule has 0 spiro atoms. The van der Waals surface area contributed by atoms with Crippen LogP contribution in [-0.4, -0.2) is 16.2 Å². The molecule has 0 saturated carbocycles. The quantitative estimate of drug-likeness (QED) is 0.687. The Morgan fingerprint density at radius 1 is 1.75 bits per heavy atom. The number of nitrogen functional groups attached to an aromatic ring is 1. The normalized spacial score (nSPS) is 10.1. The van der Waals surface area contributed by atoms with E-state index in [0.29, 0.717) is 17.7 Å². The van der Waals surface area contributed by atoms with Gasteiger partial charge in [-0.1, -0.05) is 12.1 Å². The highest BCUT2D eigenvalue weighted by Gasteiger charge is 2.14. The molecule has 0 aromatic carbocycles. The molecule has 0 atom stereocenters. The minimum absolute atomic E-state index is 0.106. The molecule has 0 bridgehead atoms. The van der Waals surface area contributed by atoms with Crippen molar-refractivity contribution in [2.24, 2.45) is 0 Å². The molecule has 0 radical (unpaired) electrons. The van der Waals surface area contributed by atoms with E-state index >= 15 is 0 Å². The number of aliphatic carboxylic acids is 1. The summed E-state index contributed by atoms with van der Waals surface area (Å²) in [6.07, 6.45) is 0.502. The Bertz CT molecular complexity index is 293. The largest absolute Gasteiger partial charge is 0.481 e. The topological polar surface area (TPSA) is 89.4 Å². The highest BCUT2D eigenvalue weighted by Crippen LogP contribution is 2.17. The average molecular weight is 170 g/mol. The lowest BCUT2D eigenvalue weighted by molar-refractivity contribution is -0.136. The van der Waals surface area contributed by atoms with Gasteiger partial charge in [0, 0.05) is 0 Å². The molecule has 1 heterocycles. The Labute approximate surface area is 69.2 Å². The number of carboxylic acids is 1. The maximum atomic E-state index is 10.4. The van der Waals surface area contributed by atoms with Gasteiger partial charge in [-0.25, -0.2) is 0 Å². The van der Waals surface area contributed by atoms with Gasteiger partial charge in [-0.15, -0.1) is 0 Å². The third-order valence-corrected chi connectivity index (χ3v) is 1.56. The fraction of sp³-hybridized carbons (Fsp3) is 0.429. The van der Waals surface area contributed by atoms with Crippen molar-refractivity contribution < 1.29 is 14.4 Å². The summed E-state index contributed by atoms with van der Waals surface area (Å²) in [4.78, 5) is 10.4. The van der Waals surface area contributed by atoms with Gasteiger partial charge in [0.15, 0.2) is 0 Å². The molecule has 12 heavy (non-hydrogen) atoms. The molecule has 0 aliphatic carbocycles. The van der Waals surface area contributed by atoms with Gasteiger partial charge in [0.25, 0.3) is 0 Å². The second kappa shape index (κ2) is 3.25. The lowest BCUT2D eigenvalue weighted by Gasteiger charge is -1.93. The van der Waals surface area contributed by atoms with Crippen molar-refractivity contribution in [3.8, 4) is 0 Å². The van der Waals surface area contributed by atoms with E-state index in [4.69, 9.17) is 10.8 Å². The van der Waals surface area contributed by atoms with E-state index in [9.17, 15) is 4.79 Å². The van der Waals surface area contributed by atoms with Gasteiger partial charge in [-0.2, -0.15) is 0 Å². The van der Waals surface area contributed by atoms with Crippen molar-refractivity contribution in [3.63, 3.8) is 0 Å². The van der Waals surface area contributed by atoms with Crippen LogP contribution in [0.15, 0.2) is 4.52 Å². The van der Waals surface area contributed by atoms with Crippen molar-refractivity contribution in [2.75, 3.05) is 5.73 Å². The Morgan fingerprint density at radius 3 is 2.92 bits per heavy atom. The zero-order valence-electron chi connectivity index (χ0n) is 6.70. The van der Waals surface area contributed by atoms with Crippen LogP contribution < -0.4 is 5.73 Å². The molecule has 0 saturated heterocycles. The number of anilines is 1. The SMILES string of the molecule is CCc1noc(N)c1CC(=O)O. The summed E-state index contributed by atoms with van der Waals surface area (Å²) in [7, 11) is 0. The van der Waals surface area contributed by atoms with Crippen molar-refractivity contribution in [2.45, 2.75) is 19.8 Å². The summed E-state index contributed by atoms with van der Waals surface area (Å²) in [6, 6.07) is 0. The molecule has 1 aromatic heterocycles. The Morgan fingerprint density at radius 2 is 2.42 bits per heavy atom. The van der Waals surface area contributed by atoms with Crippen molar-refractivity contribution in [1.29, 1.82) is 0 Å². The van der Waals surface area contributed by atoms with Crippen LogP contribution in [0.25, 0.3) is 0 Å². The predicted molar refractivity (Wildman–Crippen MR) is 41.6 cm³/mol. The lowest BCUT2D eigenvalue weighted by Crippen LogP contribution is -2.03. The minimum atomic E-state index is -0.931. The summed E-state index contributed by atoms with van der Waals surface area (Å²) in [5.41, 5.74) is 6.48. The Balaban J connectivity index is 2.94. The van der Waals surface area contributed by atoms with Crippen LogP contribution in [0.5, 0.6) is 0 Å². The molecule has 0 amide bonds. The fourth-order valence-corrected chi connectivity index (χ4v) is 0.975. The molecule has 0 unspecified atom stereocenters. The van der Waals surface area contributed by atoms with Gasteiger partial charge in [-0.3, -0.25) is 4.79 Å². The van der Waals surface area contributed by atoms with Gasteiger partial charge in [-0.05, 0) is 6.42 Å². The molecule has 1 rings (SSSR count). The average Bonchev–Trinajstić information content (AvgIpc) is 2.32. The van der Waals surface area contributed by atoms with E-state index in [1.807, 2.05) is 6.92 Å². The summed E-state index contributed by atoms with van der Waals surface area (Å²) in [6.45, 7) is 1.86. The standard InChI is InChI=1S/C7H10N2O3/c1-2-5-4(3-6(10)11)7(8)12-9-5/h2-3,8H2,1H3,(H,10,11). The van der Waals surface area contributed by atoms with E-state index in [0.717, 1.165) is 0 Å².